The Morgan fingerprint density at radius 2 is 1.75 bits per heavy atom. The molecule has 0 saturated heterocycles. The summed E-state index contributed by atoms with van der Waals surface area (Å²) in [4.78, 5) is 0.817. The molecule has 4 nitrogen and oxygen atoms in total. The van der Waals surface area contributed by atoms with Crippen molar-refractivity contribution in [1.82, 2.24) is 9.59 Å². The van der Waals surface area contributed by atoms with Crippen LogP contribution in [0, 0.1) is 0 Å². The summed E-state index contributed by atoms with van der Waals surface area (Å²) in [6.07, 6.45) is -0.537. The van der Waals surface area contributed by atoms with E-state index in [4.69, 9.17) is 4.74 Å². The zero-order chi connectivity index (χ0) is 14.7. The van der Waals surface area contributed by atoms with E-state index in [0.717, 1.165) is 21.9 Å². The highest BCUT2D eigenvalue weighted by Crippen LogP contribution is 2.31. The van der Waals surface area contributed by atoms with Gasteiger partial charge in [-0.25, -0.2) is 0 Å². The number of aliphatic hydroxyl groups is 1. The highest BCUT2D eigenvalue weighted by molar-refractivity contribution is 7.05. The van der Waals surface area contributed by atoms with Crippen LogP contribution in [0.2, 0.25) is 0 Å². The van der Waals surface area contributed by atoms with E-state index in [1.54, 1.807) is 0 Å². The molecular formula is C15H20N2O2S. The van der Waals surface area contributed by atoms with E-state index in [0.29, 0.717) is 0 Å². The molecule has 0 aliphatic heterocycles. The van der Waals surface area contributed by atoms with Crippen LogP contribution >= 0.6 is 11.5 Å². The van der Waals surface area contributed by atoms with Crippen molar-refractivity contribution in [1.29, 1.82) is 0 Å². The minimum atomic E-state index is -0.680. The van der Waals surface area contributed by atoms with E-state index in [1.165, 1.54) is 11.5 Å². The van der Waals surface area contributed by atoms with Crippen LogP contribution < -0.4 is 4.74 Å². The van der Waals surface area contributed by atoms with Crippen LogP contribution in [-0.4, -0.2) is 20.8 Å². The Bertz CT molecular complexity index is 549. The fraction of sp³-hybridized carbons (Fsp3) is 0.467. The molecule has 1 N–H and O–H groups in total. The maximum atomic E-state index is 10.5. The Labute approximate surface area is 123 Å². The zero-order valence-electron chi connectivity index (χ0n) is 12.2. The van der Waals surface area contributed by atoms with Crippen LogP contribution in [0.5, 0.6) is 5.75 Å². The lowest BCUT2D eigenvalue weighted by molar-refractivity contribution is 0.221. The lowest BCUT2D eigenvalue weighted by Crippen LogP contribution is -2.06. The van der Waals surface area contributed by atoms with Gasteiger partial charge in [-0.05, 0) is 49.0 Å². The first-order valence-corrected chi connectivity index (χ1v) is 7.53. The van der Waals surface area contributed by atoms with Gasteiger partial charge in [0.25, 0.3) is 0 Å². The molecule has 1 aromatic heterocycles. The maximum absolute atomic E-state index is 10.5. The fourth-order valence-corrected chi connectivity index (χ4v) is 2.77. The monoisotopic (exact) mass is 292 g/mol. The number of nitrogens with zero attached hydrogens (tertiary/aromatic N) is 2. The molecule has 1 unspecified atom stereocenters. The molecule has 2 aromatic rings. The molecule has 0 spiro atoms. The molecule has 0 aliphatic carbocycles. The summed E-state index contributed by atoms with van der Waals surface area (Å²) in [7, 11) is 0. The average Bonchev–Trinajstić information content (AvgIpc) is 2.87. The van der Waals surface area contributed by atoms with Crippen LogP contribution in [-0.2, 0) is 0 Å². The van der Waals surface area contributed by atoms with Crippen molar-refractivity contribution in [3.63, 3.8) is 0 Å². The molecule has 1 aromatic carbocycles. The van der Waals surface area contributed by atoms with Gasteiger partial charge in [-0.2, -0.15) is 0 Å². The van der Waals surface area contributed by atoms with E-state index in [9.17, 15) is 5.11 Å². The molecule has 108 valence electrons. The number of aromatic nitrogens is 2. The van der Waals surface area contributed by atoms with Gasteiger partial charge in [0.05, 0.1) is 16.7 Å². The molecule has 2 rings (SSSR count). The number of aliphatic hydroxyl groups excluding tert-OH is 1. The minimum absolute atomic E-state index is 0.143. The van der Waals surface area contributed by atoms with Crippen LogP contribution in [0.25, 0.3) is 0 Å². The molecule has 0 amide bonds. The number of hydrogen-bond acceptors (Lipinski definition) is 5. The molecule has 1 atom stereocenters. The number of rotatable bonds is 5. The first-order valence-electron chi connectivity index (χ1n) is 6.76. The summed E-state index contributed by atoms with van der Waals surface area (Å²) >= 11 is 1.25. The number of hydrogen-bond donors (Lipinski definition) is 1. The van der Waals surface area contributed by atoms with Crippen LogP contribution in [0.4, 0.5) is 0 Å². The van der Waals surface area contributed by atoms with Gasteiger partial charge in [-0.1, -0.05) is 30.5 Å². The number of ether oxygens (including phenoxy) is 1. The smallest absolute Gasteiger partial charge is 0.119 e. The summed E-state index contributed by atoms with van der Waals surface area (Å²) in [6.45, 7) is 8.07. The number of benzene rings is 1. The van der Waals surface area contributed by atoms with E-state index >= 15 is 0 Å². The van der Waals surface area contributed by atoms with Crippen LogP contribution in [0.3, 0.4) is 0 Å². The van der Waals surface area contributed by atoms with Gasteiger partial charge in [0.2, 0.25) is 0 Å². The molecule has 0 aliphatic rings. The second-order valence-electron chi connectivity index (χ2n) is 5.32. The van der Waals surface area contributed by atoms with Crippen LogP contribution in [0.1, 0.15) is 55.9 Å². The predicted octanol–water partition coefficient (Wildman–Crippen LogP) is 3.53. The molecule has 0 bridgehead atoms. The Morgan fingerprint density at radius 1 is 1.10 bits per heavy atom. The molecular weight excluding hydrogens is 272 g/mol. The predicted molar refractivity (Wildman–Crippen MR) is 80.3 cm³/mol. The fourth-order valence-electron chi connectivity index (χ4n) is 1.95. The largest absolute Gasteiger partial charge is 0.491 e. The van der Waals surface area contributed by atoms with Crippen molar-refractivity contribution in [2.75, 3.05) is 0 Å². The van der Waals surface area contributed by atoms with Gasteiger partial charge < -0.3 is 9.84 Å². The third-order valence-corrected chi connectivity index (χ3v) is 3.70. The highest BCUT2D eigenvalue weighted by atomic mass is 32.1. The Balaban J connectivity index is 2.20. The molecule has 0 saturated carbocycles. The van der Waals surface area contributed by atoms with Gasteiger partial charge in [0.1, 0.15) is 11.9 Å². The summed E-state index contributed by atoms with van der Waals surface area (Å²) in [5, 5.41) is 14.6. The van der Waals surface area contributed by atoms with Crippen molar-refractivity contribution in [3.8, 4) is 5.75 Å². The van der Waals surface area contributed by atoms with E-state index in [1.807, 2.05) is 52.0 Å². The van der Waals surface area contributed by atoms with Gasteiger partial charge in [0.15, 0.2) is 0 Å². The van der Waals surface area contributed by atoms with Gasteiger partial charge in [-0.15, -0.1) is 5.10 Å². The maximum Gasteiger partial charge on any atom is 0.119 e. The van der Waals surface area contributed by atoms with E-state index in [2.05, 4.69) is 9.59 Å². The highest BCUT2D eigenvalue weighted by Gasteiger charge is 2.20. The molecule has 5 heteroatoms. The normalized spacial score (nSPS) is 12.9. The first kappa shape index (κ1) is 14.9. The topological polar surface area (TPSA) is 55.2 Å². The van der Waals surface area contributed by atoms with E-state index < -0.39 is 6.10 Å². The molecule has 0 radical (unpaired) electrons. The quantitative estimate of drug-likeness (QED) is 0.916. The Kier molecular flexibility index (Phi) is 4.73. The van der Waals surface area contributed by atoms with Crippen molar-refractivity contribution in [2.24, 2.45) is 0 Å². The molecule has 20 heavy (non-hydrogen) atoms. The lowest BCUT2D eigenvalue weighted by atomic mass is 10.0. The van der Waals surface area contributed by atoms with Crippen molar-refractivity contribution in [2.45, 2.75) is 45.8 Å². The summed E-state index contributed by atoms with van der Waals surface area (Å²) < 4.78 is 9.55. The third kappa shape index (κ3) is 3.35. The summed E-state index contributed by atoms with van der Waals surface area (Å²) in [5.41, 5.74) is 1.69. The van der Waals surface area contributed by atoms with Gasteiger partial charge in [0, 0.05) is 0 Å². The second-order valence-corrected chi connectivity index (χ2v) is 6.10. The Hall–Kier alpha value is -1.46. The average molecular weight is 292 g/mol. The standard InChI is InChI=1S/C15H20N2O2S/c1-9(2)13-15(20-17-16-13)14(18)11-5-7-12(8-6-11)19-10(3)4/h5-10,14,18H,1-4H3. The van der Waals surface area contributed by atoms with Crippen molar-refractivity contribution >= 4 is 11.5 Å². The van der Waals surface area contributed by atoms with Gasteiger partial charge >= 0.3 is 0 Å². The molecule has 0 fully saturated rings. The zero-order valence-corrected chi connectivity index (χ0v) is 13.0. The molecule has 1 heterocycles. The van der Waals surface area contributed by atoms with Gasteiger partial charge in [-0.3, -0.25) is 0 Å². The first-order chi connectivity index (χ1) is 9.49. The lowest BCUT2D eigenvalue weighted by Gasteiger charge is -2.13. The SMILES string of the molecule is CC(C)Oc1ccc(C(O)c2snnc2C(C)C)cc1. The minimum Gasteiger partial charge on any atom is -0.491 e. The van der Waals surface area contributed by atoms with Crippen molar-refractivity contribution in [3.05, 3.63) is 40.4 Å². The summed E-state index contributed by atoms with van der Waals surface area (Å²) in [5.74, 6) is 1.06. The Morgan fingerprint density at radius 3 is 2.30 bits per heavy atom. The second kappa shape index (κ2) is 6.33. The summed E-state index contributed by atoms with van der Waals surface area (Å²) in [6, 6.07) is 7.52. The van der Waals surface area contributed by atoms with Crippen molar-refractivity contribution < 1.29 is 9.84 Å². The van der Waals surface area contributed by atoms with Crippen LogP contribution in [0.15, 0.2) is 24.3 Å². The van der Waals surface area contributed by atoms with E-state index in [-0.39, 0.29) is 12.0 Å². The third-order valence-electron chi connectivity index (χ3n) is 2.90.